The van der Waals surface area contributed by atoms with Crippen molar-refractivity contribution in [1.29, 1.82) is 0 Å². The van der Waals surface area contributed by atoms with Crippen LogP contribution in [-0.2, 0) is 7.05 Å². The Hall–Kier alpha value is -2.99. The zero-order valence-corrected chi connectivity index (χ0v) is 15.4. The number of amides is 1. The predicted octanol–water partition coefficient (Wildman–Crippen LogP) is 3.70. The van der Waals surface area contributed by atoms with Gasteiger partial charge in [0.25, 0.3) is 0 Å². The van der Waals surface area contributed by atoms with E-state index in [2.05, 4.69) is 17.1 Å². The van der Waals surface area contributed by atoms with E-state index >= 15 is 0 Å². The molecule has 130 valence electrons. The second kappa shape index (κ2) is 6.07. The summed E-state index contributed by atoms with van der Waals surface area (Å²) in [4.78, 5) is 29.5. The molecule has 0 atom stereocenters. The van der Waals surface area contributed by atoms with Crippen molar-refractivity contribution in [2.45, 2.75) is 13.8 Å². The van der Waals surface area contributed by atoms with E-state index in [1.54, 1.807) is 24.3 Å². The molecular formula is C20H16N2O3S. The van der Waals surface area contributed by atoms with Crippen molar-refractivity contribution < 1.29 is 9.21 Å². The van der Waals surface area contributed by atoms with Crippen LogP contribution >= 0.6 is 11.3 Å². The van der Waals surface area contributed by atoms with Crippen LogP contribution in [0.25, 0.3) is 21.2 Å². The Balaban J connectivity index is 1.88. The lowest BCUT2D eigenvalue weighted by Crippen LogP contribution is -2.14. The molecule has 0 aliphatic heterocycles. The first-order valence-electron chi connectivity index (χ1n) is 8.13. The summed E-state index contributed by atoms with van der Waals surface area (Å²) < 4.78 is 8.55. The molecule has 2 aromatic carbocycles. The predicted molar refractivity (Wildman–Crippen MR) is 103 cm³/mol. The number of rotatable bonds is 1. The third kappa shape index (κ3) is 2.68. The van der Waals surface area contributed by atoms with Crippen molar-refractivity contribution in [3.05, 3.63) is 74.4 Å². The highest BCUT2D eigenvalue weighted by molar-refractivity contribution is 7.16. The monoisotopic (exact) mass is 364 g/mol. The molecule has 5 nitrogen and oxygen atoms in total. The SMILES string of the molecule is Cc1cc(C)c2c(c1)sc(=NC(=O)c1cc(=O)c3ccccc3o1)n2C. The number of thiazole rings is 1. The normalized spacial score (nSPS) is 12.2. The van der Waals surface area contributed by atoms with Crippen LogP contribution in [0.3, 0.4) is 0 Å². The quantitative estimate of drug-likeness (QED) is 0.517. The molecule has 0 saturated heterocycles. The molecule has 4 rings (SSSR count). The van der Waals surface area contributed by atoms with Gasteiger partial charge in [-0.25, -0.2) is 0 Å². The zero-order valence-electron chi connectivity index (χ0n) is 14.6. The van der Waals surface area contributed by atoms with Gasteiger partial charge in [0, 0.05) is 13.1 Å². The maximum atomic E-state index is 12.6. The highest BCUT2D eigenvalue weighted by atomic mass is 32.1. The number of para-hydroxylation sites is 1. The van der Waals surface area contributed by atoms with Crippen LogP contribution in [0.1, 0.15) is 21.7 Å². The first-order chi connectivity index (χ1) is 12.4. The van der Waals surface area contributed by atoms with Gasteiger partial charge in [0.2, 0.25) is 0 Å². The molecule has 6 heteroatoms. The molecule has 0 bridgehead atoms. The number of fused-ring (bicyclic) bond motifs is 2. The Morgan fingerprint density at radius 1 is 1.15 bits per heavy atom. The second-order valence-corrected chi connectivity index (χ2v) is 7.27. The first-order valence-corrected chi connectivity index (χ1v) is 8.94. The summed E-state index contributed by atoms with van der Waals surface area (Å²) in [6.45, 7) is 4.08. The fourth-order valence-electron chi connectivity index (χ4n) is 3.14. The van der Waals surface area contributed by atoms with Crippen LogP contribution in [0, 0.1) is 13.8 Å². The molecule has 1 amide bonds. The van der Waals surface area contributed by atoms with Crippen molar-refractivity contribution in [3.63, 3.8) is 0 Å². The summed E-state index contributed by atoms with van der Waals surface area (Å²) in [7, 11) is 1.88. The van der Waals surface area contributed by atoms with Gasteiger partial charge in [-0.2, -0.15) is 4.99 Å². The Kier molecular flexibility index (Phi) is 3.85. The Bertz CT molecular complexity index is 1310. The van der Waals surface area contributed by atoms with Gasteiger partial charge < -0.3 is 8.98 Å². The molecule has 2 heterocycles. The molecule has 0 aliphatic carbocycles. The summed E-state index contributed by atoms with van der Waals surface area (Å²) in [5.41, 5.74) is 3.47. The summed E-state index contributed by atoms with van der Waals surface area (Å²) >= 11 is 1.44. The molecular weight excluding hydrogens is 348 g/mol. The standard InChI is InChI=1S/C20H16N2O3S/c1-11-8-12(2)18-17(9-11)26-20(22(18)3)21-19(24)16-10-14(23)13-6-4-5-7-15(13)25-16/h4-10H,1-3H3. The van der Waals surface area contributed by atoms with E-state index in [0.29, 0.717) is 15.8 Å². The average molecular weight is 364 g/mol. The molecule has 26 heavy (non-hydrogen) atoms. The van der Waals surface area contributed by atoms with Gasteiger partial charge in [0.15, 0.2) is 16.0 Å². The summed E-state index contributed by atoms with van der Waals surface area (Å²) in [6.07, 6.45) is 0. The highest BCUT2D eigenvalue weighted by Crippen LogP contribution is 2.22. The zero-order chi connectivity index (χ0) is 18.4. The van der Waals surface area contributed by atoms with Gasteiger partial charge in [-0.05, 0) is 43.2 Å². The summed E-state index contributed by atoms with van der Waals surface area (Å²) in [5, 5.41) is 0.447. The molecule has 2 aromatic heterocycles. The lowest BCUT2D eigenvalue weighted by molar-refractivity contribution is 0.0972. The minimum Gasteiger partial charge on any atom is -0.451 e. The van der Waals surface area contributed by atoms with Crippen LogP contribution < -0.4 is 10.2 Å². The Morgan fingerprint density at radius 2 is 1.92 bits per heavy atom. The molecule has 0 radical (unpaired) electrons. The van der Waals surface area contributed by atoms with Gasteiger partial charge in [0.05, 0.1) is 15.6 Å². The van der Waals surface area contributed by atoms with Crippen molar-refractivity contribution in [2.24, 2.45) is 12.0 Å². The minimum absolute atomic E-state index is 0.0564. The molecule has 4 aromatic rings. The van der Waals surface area contributed by atoms with Crippen molar-refractivity contribution in [1.82, 2.24) is 4.57 Å². The van der Waals surface area contributed by atoms with Gasteiger partial charge in [-0.15, -0.1) is 0 Å². The van der Waals surface area contributed by atoms with E-state index in [0.717, 1.165) is 21.3 Å². The topological polar surface area (TPSA) is 64.6 Å². The number of nitrogens with zero attached hydrogens (tertiary/aromatic N) is 2. The van der Waals surface area contributed by atoms with E-state index in [-0.39, 0.29) is 11.2 Å². The Labute approximate surface area is 152 Å². The number of aryl methyl sites for hydroxylation is 3. The average Bonchev–Trinajstić information content (AvgIpc) is 2.90. The van der Waals surface area contributed by atoms with Gasteiger partial charge in [-0.1, -0.05) is 29.5 Å². The highest BCUT2D eigenvalue weighted by Gasteiger charge is 2.13. The lowest BCUT2D eigenvalue weighted by atomic mass is 10.1. The number of carbonyl (C=O) groups is 1. The molecule has 0 saturated carbocycles. The van der Waals surface area contributed by atoms with Crippen LogP contribution in [0.15, 0.2) is 56.7 Å². The van der Waals surface area contributed by atoms with Crippen LogP contribution in [0.2, 0.25) is 0 Å². The van der Waals surface area contributed by atoms with Crippen LogP contribution in [0.5, 0.6) is 0 Å². The Morgan fingerprint density at radius 3 is 2.73 bits per heavy atom. The number of hydrogen-bond acceptors (Lipinski definition) is 4. The van der Waals surface area contributed by atoms with E-state index in [1.807, 2.05) is 25.5 Å². The number of hydrogen-bond donors (Lipinski definition) is 0. The second-order valence-electron chi connectivity index (χ2n) is 6.26. The largest absolute Gasteiger partial charge is 0.451 e. The number of benzene rings is 2. The molecule has 0 spiro atoms. The molecule has 0 aliphatic rings. The van der Waals surface area contributed by atoms with E-state index in [4.69, 9.17) is 4.42 Å². The maximum absolute atomic E-state index is 12.6. The van der Waals surface area contributed by atoms with E-state index < -0.39 is 5.91 Å². The van der Waals surface area contributed by atoms with Crippen molar-refractivity contribution in [3.8, 4) is 0 Å². The van der Waals surface area contributed by atoms with Gasteiger partial charge in [0.1, 0.15) is 5.58 Å². The van der Waals surface area contributed by atoms with E-state index in [9.17, 15) is 9.59 Å². The van der Waals surface area contributed by atoms with E-state index in [1.165, 1.54) is 17.4 Å². The van der Waals surface area contributed by atoms with Crippen LogP contribution in [0.4, 0.5) is 0 Å². The number of carbonyl (C=O) groups excluding carboxylic acids is 1. The fraction of sp³-hybridized carbons (Fsp3) is 0.150. The van der Waals surface area contributed by atoms with Gasteiger partial charge >= 0.3 is 5.91 Å². The smallest absolute Gasteiger partial charge is 0.315 e. The fourth-order valence-corrected chi connectivity index (χ4v) is 4.33. The third-order valence-corrected chi connectivity index (χ3v) is 5.35. The molecule has 0 fully saturated rings. The summed E-state index contributed by atoms with van der Waals surface area (Å²) in [5.74, 6) is -0.622. The first kappa shape index (κ1) is 16.5. The molecule has 0 unspecified atom stereocenters. The van der Waals surface area contributed by atoms with Crippen LogP contribution in [-0.4, -0.2) is 10.5 Å². The van der Waals surface area contributed by atoms with Crippen molar-refractivity contribution >= 4 is 38.4 Å². The minimum atomic E-state index is -0.565. The number of aromatic nitrogens is 1. The van der Waals surface area contributed by atoms with Crippen molar-refractivity contribution in [2.75, 3.05) is 0 Å². The maximum Gasteiger partial charge on any atom is 0.315 e. The summed E-state index contributed by atoms with van der Waals surface area (Å²) in [6, 6.07) is 12.2. The third-order valence-electron chi connectivity index (χ3n) is 4.28. The van der Waals surface area contributed by atoms with Gasteiger partial charge in [-0.3, -0.25) is 9.59 Å². The lowest BCUT2D eigenvalue weighted by Gasteiger charge is -2.01. The molecule has 0 N–H and O–H groups in total.